The van der Waals surface area contributed by atoms with E-state index in [9.17, 15) is 13.6 Å². The lowest BCUT2D eigenvalue weighted by atomic mass is 10.2. The number of rotatable bonds is 3. The summed E-state index contributed by atoms with van der Waals surface area (Å²) in [7, 11) is 0. The van der Waals surface area contributed by atoms with Crippen LogP contribution < -0.4 is 20.9 Å². The first-order valence-electron chi connectivity index (χ1n) is 11.0. The minimum atomic E-state index is -2.69. The van der Waals surface area contributed by atoms with Crippen molar-refractivity contribution in [2.24, 2.45) is 0 Å². The van der Waals surface area contributed by atoms with Gasteiger partial charge in [0.05, 0.1) is 23.4 Å². The number of amides is 2. The normalized spacial score (nSPS) is 20.2. The van der Waals surface area contributed by atoms with Gasteiger partial charge >= 0.3 is 6.03 Å². The Kier molecular flexibility index (Phi) is 5.58. The highest BCUT2D eigenvalue weighted by Crippen LogP contribution is 2.31. The average molecular weight is 490 g/mol. The van der Waals surface area contributed by atoms with Gasteiger partial charge in [0.25, 0.3) is 5.92 Å². The fraction of sp³-hybridized carbons (Fsp3) is 0.476. The van der Waals surface area contributed by atoms with E-state index < -0.39 is 5.92 Å². The predicted octanol–water partition coefficient (Wildman–Crippen LogP) is 2.96. The van der Waals surface area contributed by atoms with E-state index in [1.807, 2.05) is 6.92 Å². The number of nitrogens with one attached hydrogen (secondary N) is 1. The minimum Gasteiger partial charge on any atom is -0.368 e. The number of nitrogens with zero attached hydrogens (tertiary/aromatic N) is 7. The number of carbonyl (C=O) groups excluding carboxylic acids is 1. The van der Waals surface area contributed by atoms with Crippen LogP contribution in [0.3, 0.4) is 0 Å². The van der Waals surface area contributed by atoms with E-state index in [-0.39, 0.29) is 37.5 Å². The molecule has 0 spiro atoms. The third-order valence-electron chi connectivity index (χ3n) is 6.19. The van der Waals surface area contributed by atoms with Crippen molar-refractivity contribution in [3.63, 3.8) is 0 Å². The molecule has 0 aliphatic carbocycles. The molecule has 2 saturated heterocycles. The molecule has 10 nitrogen and oxygen atoms in total. The van der Waals surface area contributed by atoms with Gasteiger partial charge in [0, 0.05) is 38.6 Å². The molecule has 180 valence electrons. The molecule has 0 unspecified atom stereocenters. The zero-order valence-corrected chi connectivity index (χ0v) is 19.6. The fourth-order valence-corrected chi connectivity index (χ4v) is 5.06. The van der Waals surface area contributed by atoms with Gasteiger partial charge in [-0.15, -0.1) is 11.3 Å². The third-order valence-corrected chi connectivity index (χ3v) is 6.91. The summed E-state index contributed by atoms with van der Waals surface area (Å²) in [6, 6.07) is 3.13. The van der Waals surface area contributed by atoms with Crippen molar-refractivity contribution in [3.05, 3.63) is 23.3 Å². The minimum absolute atomic E-state index is 0.0165. The van der Waals surface area contributed by atoms with Gasteiger partial charge in [-0.2, -0.15) is 4.98 Å². The van der Waals surface area contributed by atoms with Gasteiger partial charge in [-0.05, 0) is 26.0 Å². The summed E-state index contributed by atoms with van der Waals surface area (Å²) in [5.74, 6) is -1.32. The molecule has 34 heavy (non-hydrogen) atoms. The van der Waals surface area contributed by atoms with Crippen molar-refractivity contribution in [2.75, 3.05) is 53.6 Å². The van der Waals surface area contributed by atoms with Crippen LogP contribution in [0.5, 0.6) is 0 Å². The van der Waals surface area contributed by atoms with Crippen molar-refractivity contribution < 1.29 is 13.6 Å². The Bertz CT molecular complexity index is 1240. The van der Waals surface area contributed by atoms with Crippen LogP contribution in [0.25, 0.3) is 10.3 Å². The number of alkyl halides is 2. The van der Waals surface area contributed by atoms with Crippen molar-refractivity contribution >= 4 is 51.0 Å². The molecular formula is C21H25F2N9OS. The van der Waals surface area contributed by atoms with E-state index in [2.05, 4.69) is 30.2 Å². The summed E-state index contributed by atoms with van der Waals surface area (Å²) in [6.45, 7) is 5.23. The monoisotopic (exact) mass is 489 g/mol. The second kappa shape index (κ2) is 8.46. The van der Waals surface area contributed by atoms with E-state index in [0.29, 0.717) is 48.2 Å². The van der Waals surface area contributed by atoms with E-state index in [4.69, 9.17) is 5.73 Å². The molecule has 0 aromatic carbocycles. The fourth-order valence-electron chi connectivity index (χ4n) is 4.40. The number of anilines is 4. The number of thiazole rings is 1. The van der Waals surface area contributed by atoms with Crippen LogP contribution in [-0.2, 0) is 0 Å². The average Bonchev–Trinajstić information content (AvgIpc) is 3.40. The molecule has 2 aliphatic heterocycles. The molecule has 1 atom stereocenters. The largest absolute Gasteiger partial charge is 0.368 e. The van der Waals surface area contributed by atoms with Crippen molar-refractivity contribution in [1.29, 1.82) is 0 Å². The van der Waals surface area contributed by atoms with E-state index in [1.54, 1.807) is 34.4 Å². The molecular weight excluding hydrogens is 464 g/mol. The Labute approximate surface area is 198 Å². The Morgan fingerprint density at radius 3 is 2.76 bits per heavy atom. The van der Waals surface area contributed by atoms with Crippen molar-refractivity contribution in [2.45, 2.75) is 32.2 Å². The van der Waals surface area contributed by atoms with Gasteiger partial charge in [0.2, 0.25) is 5.95 Å². The standard InChI is InChI=1S/C21H25F2N9OS/c1-12-9-30(7-8-32(12)17-16-18(34-11-25-16)29-19(24)28-17)20(33)27-14-3-4-15(26-13(14)2)31-6-5-21(22,23)10-31/h3-4,11-12H,5-10H2,1-2H3,(H,27,33)(H2,24,28,29)/t12-/m0/s1. The molecule has 3 aromatic rings. The Morgan fingerprint density at radius 1 is 1.24 bits per heavy atom. The number of aromatic nitrogens is 4. The number of nitrogen functional groups attached to an aromatic ring is 1. The highest BCUT2D eigenvalue weighted by atomic mass is 32.1. The van der Waals surface area contributed by atoms with Gasteiger partial charge in [-0.3, -0.25) is 0 Å². The first-order chi connectivity index (χ1) is 16.2. The van der Waals surface area contributed by atoms with Crippen LogP contribution in [0.2, 0.25) is 0 Å². The Hall–Kier alpha value is -3.35. The molecule has 2 fully saturated rings. The molecule has 2 amide bonds. The topological polar surface area (TPSA) is 116 Å². The van der Waals surface area contributed by atoms with Crippen molar-refractivity contribution in [1.82, 2.24) is 24.8 Å². The smallest absolute Gasteiger partial charge is 0.322 e. The maximum Gasteiger partial charge on any atom is 0.322 e. The summed E-state index contributed by atoms with van der Waals surface area (Å²) < 4.78 is 27.1. The number of fused-ring (bicyclic) bond motifs is 1. The molecule has 13 heteroatoms. The van der Waals surface area contributed by atoms with E-state index in [1.165, 1.54) is 11.3 Å². The maximum absolute atomic E-state index is 13.5. The number of halogens is 2. The van der Waals surface area contributed by atoms with Crippen LogP contribution in [0, 0.1) is 6.92 Å². The number of urea groups is 1. The van der Waals surface area contributed by atoms with E-state index in [0.717, 1.165) is 4.83 Å². The number of aryl methyl sites for hydroxylation is 1. The number of hydrogen-bond donors (Lipinski definition) is 2. The van der Waals surface area contributed by atoms with Gasteiger partial charge in [0.1, 0.15) is 11.3 Å². The highest BCUT2D eigenvalue weighted by Gasteiger charge is 2.39. The summed E-state index contributed by atoms with van der Waals surface area (Å²) in [5.41, 5.74) is 9.45. The molecule has 2 aliphatic rings. The second-order valence-corrected chi connectivity index (χ2v) is 9.49. The first kappa shape index (κ1) is 22.4. The highest BCUT2D eigenvalue weighted by molar-refractivity contribution is 7.16. The lowest BCUT2D eigenvalue weighted by Gasteiger charge is -2.40. The summed E-state index contributed by atoms with van der Waals surface area (Å²) >= 11 is 1.41. The van der Waals surface area contributed by atoms with Crippen molar-refractivity contribution in [3.8, 4) is 0 Å². The quantitative estimate of drug-likeness (QED) is 0.577. The SMILES string of the molecule is Cc1nc(N2CCC(F)(F)C2)ccc1NC(=O)N1CCN(c2nc(N)nc3scnc23)[C@@H](C)C1. The van der Waals surface area contributed by atoms with E-state index >= 15 is 0 Å². The molecule has 3 N–H and O–H groups in total. The van der Waals surface area contributed by atoms with Gasteiger partial charge in [-0.1, -0.05) is 0 Å². The number of pyridine rings is 1. The summed E-state index contributed by atoms with van der Waals surface area (Å²) in [5, 5.41) is 2.91. The lowest BCUT2D eigenvalue weighted by molar-refractivity contribution is 0.0256. The summed E-state index contributed by atoms with van der Waals surface area (Å²) in [6.07, 6.45) is -0.175. The summed E-state index contributed by atoms with van der Waals surface area (Å²) in [4.78, 5) is 36.5. The van der Waals surface area contributed by atoms with Crippen LogP contribution >= 0.6 is 11.3 Å². The zero-order valence-electron chi connectivity index (χ0n) is 18.8. The third kappa shape index (κ3) is 4.27. The first-order valence-corrected chi connectivity index (χ1v) is 11.9. The maximum atomic E-state index is 13.5. The van der Waals surface area contributed by atoms with Gasteiger partial charge in [0.15, 0.2) is 10.6 Å². The van der Waals surface area contributed by atoms with Crippen LogP contribution in [0.1, 0.15) is 19.0 Å². The zero-order chi connectivity index (χ0) is 24.0. The van der Waals surface area contributed by atoms with Gasteiger partial charge in [-0.25, -0.2) is 28.5 Å². The Balaban J connectivity index is 1.25. The lowest BCUT2D eigenvalue weighted by Crippen LogP contribution is -2.55. The second-order valence-electron chi connectivity index (χ2n) is 8.66. The van der Waals surface area contributed by atoms with Crippen LogP contribution in [0.4, 0.5) is 36.8 Å². The molecule has 5 heterocycles. The molecule has 3 aromatic heterocycles. The number of hydrogen-bond acceptors (Lipinski definition) is 9. The predicted molar refractivity (Wildman–Crippen MR) is 128 cm³/mol. The molecule has 0 radical (unpaired) electrons. The van der Waals surface area contributed by atoms with Crippen LogP contribution in [-0.4, -0.2) is 75.6 Å². The van der Waals surface area contributed by atoms with Gasteiger partial charge < -0.3 is 25.8 Å². The number of piperazine rings is 1. The Morgan fingerprint density at radius 2 is 2.06 bits per heavy atom. The molecule has 0 bridgehead atoms. The molecule has 0 saturated carbocycles. The number of carbonyl (C=O) groups is 1. The van der Waals surface area contributed by atoms with Crippen LogP contribution in [0.15, 0.2) is 17.6 Å². The number of nitrogens with two attached hydrogens (primary N) is 1. The molecule has 5 rings (SSSR count).